The monoisotopic (exact) mass is 371 g/mol. The highest BCUT2D eigenvalue weighted by molar-refractivity contribution is 7.15. The van der Waals surface area contributed by atoms with Gasteiger partial charge in [0, 0.05) is 30.2 Å². The number of benzene rings is 1. The molecule has 1 saturated heterocycles. The number of aromatic nitrogens is 3. The minimum Gasteiger partial charge on any atom is -0.368 e. The van der Waals surface area contributed by atoms with E-state index in [1.807, 2.05) is 29.6 Å². The Hall–Kier alpha value is -2.78. The van der Waals surface area contributed by atoms with E-state index < -0.39 is 6.10 Å². The summed E-state index contributed by atoms with van der Waals surface area (Å²) in [4.78, 5) is 28.3. The highest BCUT2D eigenvalue weighted by atomic mass is 32.1. The van der Waals surface area contributed by atoms with Crippen molar-refractivity contribution in [3.05, 3.63) is 29.6 Å². The lowest BCUT2D eigenvalue weighted by molar-refractivity contribution is -0.124. The summed E-state index contributed by atoms with van der Waals surface area (Å²) in [6, 6.07) is 7.46. The Morgan fingerprint density at radius 2 is 2.08 bits per heavy atom. The quantitative estimate of drug-likeness (QED) is 0.734. The molecule has 9 heteroatoms. The van der Waals surface area contributed by atoms with E-state index in [0.29, 0.717) is 11.6 Å². The summed E-state index contributed by atoms with van der Waals surface area (Å²) in [5.41, 5.74) is 2.53. The summed E-state index contributed by atoms with van der Waals surface area (Å²) in [6.45, 7) is 2.08. The third kappa shape index (κ3) is 3.31. The number of nitrogens with one attached hydrogen (secondary N) is 2. The standard InChI is InChI=1S/C17H17N5O3S/c1-10(23)18-12-6-4-11(5-7-12)13-9-26-17-20-16(21-22(13)17)19-15(24)14-3-2-8-25-14/h4-7,9,14H,2-3,8H2,1H3,(H,18,23)(H,19,21,24). The van der Waals surface area contributed by atoms with Crippen molar-refractivity contribution in [2.24, 2.45) is 0 Å². The van der Waals surface area contributed by atoms with Gasteiger partial charge in [0.2, 0.25) is 10.9 Å². The summed E-state index contributed by atoms with van der Waals surface area (Å²) >= 11 is 1.44. The van der Waals surface area contributed by atoms with Crippen LogP contribution in [0.15, 0.2) is 29.6 Å². The zero-order valence-corrected chi connectivity index (χ0v) is 14.9. The van der Waals surface area contributed by atoms with Crippen LogP contribution in [0.25, 0.3) is 16.2 Å². The van der Waals surface area contributed by atoms with E-state index in [-0.39, 0.29) is 17.8 Å². The van der Waals surface area contributed by atoms with Gasteiger partial charge >= 0.3 is 0 Å². The van der Waals surface area contributed by atoms with E-state index in [1.165, 1.54) is 18.3 Å². The normalized spacial score (nSPS) is 16.7. The molecule has 0 spiro atoms. The molecule has 0 bridgehead atoms. The van der Waals surface area contributed by atoms with Gasteiger partial charge in [-0.1, -0.05) is 12.1 Å². The highest BCUT2D eigenvalue weighted by Crippen LogP contribution is 2.27. The van der Waals surface area contributed by atoms with Crippen LogP contribution in [0, 0.1) is 0 Å². The lowest BCUT2D eigenvalue weighted by atomic mass is 10.1. The zero-order valence-electron chi connectivity index (χ0n) is 14.1. The Kier molecular flexibility index (Phi) is 4.39. The Balaban J connectivity index is 1.55. The van der Waals surface area contributed by atoms with Gasteiger partial charge < -0.3 is 10.1 Å². The van der Waals surface area contributed by atoms with Crippen molar-refractivity contribution in [1.29, 1.82) is 0 Å². The third-order valence-corrected chi connectivity index (χ3v) is 4.86. The first-order valence-electron chi connectivity index (χ1n) is 8.25. The molecule has 0 saturated carbocycles. The smallest absolute Gasteiger partial charge is 0.255 e. The molecule has 3 heterocycles. The van der Waals surface area contributed by atoms with Gasteiger partial charge in [-0.25, -0.2) is 4.52 Å². The minimum atomic E-state index is -0.419. The lowest BCUT2D eigenvalue weighted by Crippen LogP contribution is -2.27. The molecule has 1 aromatic carbocycles. The summed E-state index contributed by atoms with van der Waals surface area (Å²) < 4.78 is 7.07. The lowest BCUT2D eigenvalue weighted by Gasteiger charge is -2.07. The Bertz CT molecular complexity index is 957. The second kappa shape index (κ2) is 6.85. The minimum absolute atomic E-state index is 0.112. The molecule has 1 atom stereocenters. The van der Waals surface area contributed by atoms with Crippen LogP contribution in [-0.4, -0.2) is 39.1 Å². The summed E-state index contributed by atoms with van der Waals surface area (Å²) in [5.74, 6) is -0.0472. The molecule has 4 rings (SSSR count). The number of carbonyl (C=O) groups excluding carboxylic acids is 2. The van der Waals surface area contributed by atoms with Crippen LogP contribution < -0.4 is 10.6 Å². The van der Waals surface area contributed by atoms with Gasteiger partial charge in [0.25, 0.3) is 11.9 Å². The molecule has 1 fully saturated rings. The average Bonchev–Trinajstić information content (AvgIpc) is 3.31. The molecule has 2 N–H and O–H groups in total. The Labute approximate surface area is 153 Å². The van der Waals surface area contributed by atoms with Crippen molar-refractivity contribution in [2.75, 3.05) is 17.2 Å². The molecule has 1 unspecified atom stereocenters. The van der Waals surface area contributed by atoms with Crippen LogP contribution in [0.3, 0.4) is 0 Å². The molecular weight excluding hydrogens is 354 g/mol. The number of fused-ring (bicyclic) bond motifs is 1. The van der Waals surface area contributed by atoms with Gasteiger partial charge in [-0.3, -0.25) is 14.9 Å². The largest absolute Gasteiger partial charge is 0.368 e. The van der Waals surface area contributed by atoms with Gasteiger partial charge in [0.1, 0.15) is 6.10 Å². The second-order valence-corrected chi connectivity index (χ2v) is 6.84. The van der Waals surface area contributed by atoms with Crippen molar-refractivity contribution in [3.63, 3.8) is 0 Å². The predicted octanol–water partition coefficient (Wildman–Crippen LogP) is 2.53. The summed E-state index contributed by atoms with van der Waals surface area (Å²) in [7, 11) is 0. The van der Waals surface area contributed by atoms with E-state index in [9.17, 15) is 9.59 Å². The fourth-order valence-corrected chi connectivity index (χ4v) is 3.67. The molecular formula is C17H17N5O3S. The number of ether oxygens (including phenoxy) is 1. The first-order chi connectivity index (χ1) is 12.6. The van der Waals surface area contributed by atoms with Crippen LogP contribution in [0.1, 0.15) is 19.8 Å². The van der Waals surface area contributed by atoms with E-state index in [2.05, 4.69) is 20.7 Å². The number of thiazole rings is 1. The molecule has 1 aliphatic rings. The first-order valence-corrected chi connectivity index (χ1v) is 9.13. The SMILES string of the molecule is CC(=O)Nc1ccc(-c2csc3nc(NC(=O)C4CCCO4)nn23)cc1. The van der Waals surface area contributed by atoms with Crippen LogP contribution in [0.4, 0.5) is 11.6 Å². The van der Waals surface area contributed by atoms with E-state index in [0.717, 1.165) is 29.8 Å². The molecule has 0 radical (unpaired) electrons. The summed E-state index contributed by atoms with van der Waals surface area (Å²) in [5, 5.41) is 11.8. The molecule has 0 aliphatic carbocycles. The van der Waals surface area contributed by atoms with Gasteiger partial charge in [-0.15, -0.1) is 16.4 Å². The topological polar surface area (TPSA) is 97.6 Å². The number of hydrogen-bond acceptors (Lipinski definition) is 6. The van der Waals surface area contributed by atoms with Crippen LogP contribution in [0.5, 0.6) is 0 Å². The van der Waals surface area contributed by atoms with Crippen LogP contribution in [0.2, 0.25) is 0 Å². The van der Waals surface area contributed by atoms with Crippen LogP contribution in [-0.2, 0) is 14.3 Å². The Morgan fingerprint density at radius 1 is 1.27 bits per heavy atom. The number of nitrogens with zero attached hydrogens (tertiary/aromatic N) is 3. The van der Waals surface area contributed by atoms with Crippen molar-refractivity contribution < 1.29 is 14.3 Å². The number of hydrogen-bond donors (Lipinski definition) is 2. The van der Waals surface area contributed by atoms with Gasteiger partial charge in [0.05, 0.1) is 5.69 Å². The highest BCUT2D eigenvalue weighted by Gasteiger charge is 2.25. The zero-order chi connectivity index (χ0) is 18.1. The predicted molar refractivity (Wildman–Crippen MR) is 98.2 cm³/mol. The Morgan fingerprint density at radius 3 is 2.77 bits per heavy atom. The fraction of sp³-hybridized carbons (Fsp3) is 0.294. The molecule has 1 aliphatic heterocycles. The van der Waals surface area contributed by atoms with Crippen molar-refractivity contribution in [2.45, 2.75) is 25.9 Å². The third-order valence-electron chi connectivity index (χ3n) is 4.04. The van der Waals surface area contributed by atoms with Crippen molar-refractivity contribution in [1.82, 2.24) is 14.6 Å². The van der Waals surface area contributed by atoms with Crippen LogP contribution >= 0.6 is 11.3 Å². The first kappa shape index (κ1) is 16.7. The maximum absolute atomic E-state index is 12.1. The number of carbonyl (C=O) groups is 2. The van der Waals surface area contributed by atoms with E-state index in [4.69, 9.17) is 4.74 Å². The fourth-order valence-electron chi connectivity index (χ4n) is 2.84. The van der Waals surface area contributed by atoms with Gasteiger partial charge in [-0.05, 0) is 25.0 Å². The van der Waals surface area contributed by atoms with E-state index >= 15 is 0 Å². The maximum Gasteiger partial charge on any atom is 0.255 e. The second-order valence-electron chi connectivity index (χ2n) is 6.00. The summed E-state index contributed by atoms with van der Waals surface area (Å²) in [6.07, 6.45) is 1.19. The molecule has 26 heavy (non-hydrogen) atoms. The number of anilines is 2. The molecule has 2 aromatic heterocycles. The van der Waals surface area contributed by atoms with Crippen molar-refractivity contribution >= 4 is 39.7 Å². The van der Waals surface area contributed by atoms with Gasteiger partial charge in [0.15, 0.2) is 0 Å². The molecule has 3 aromatic rings. The van der Waals surface area contributed by atoms with E-state index in [1.54, 1.807) is 4.52 Å². The van der Waals surface area contributed by atoms with Gasteiger partial charge in [-0.2, -0.15) is 4.98 Å². The molecule has 8 nitrogen and oxygen atoms in total. The molecule has 134 valence electrons. The maximum atomic E-state index is 12.1. The molecule has 2 amide bonds. The number of amides is 2. The number of rotatable bonds is 4. The van der Waals surface area contributed by atoms with Crippen molar-refractivity contribution in [3.8, 4) is 11.3 Å². The average molecular weight is 371 g/mol.